The van der Waals surface area contributed by atoms with Crippen LogP contribution in [0, 0.1) is 11.7 Å². The quantitative estimate of drug-likeness (QED) is 0.462. The van der Waals surface area contributed by atoms with Crippen molar-refractivity contribution in [1.29, 1.82) is 0 Å². The van der Waals surface area contributed by atoms with E-state index in [1.54, 1.807) is 0 Å². The highest BCUT2D eigenvalue weighted by Crippen LogP contribution is 2.40. The predicted octanol–water partition coefficient (Wildman–Crippen LogP) is 5.33. The van der Waals surface area contributed by atoms with Gasteiger partial charge in [0, 0.05) is 34.8 Å². The second-order valence-electron chi connectivity index (χ2n) is 8.62. The molecule has 1 aromatic heterocycles. The van der Waals surface area contributed by atoms with Crippen LogP contribution in [0.1, 0.15) is 62.1 Å². The van der Waals surface area contributed by atoms with Gasteiger partial charge < -0.3 is 10.6 Å². The average molecular weight is 430 g/mol. The van der Waals surface area contributed by atoms with Crippen molar-refractivity contribution in [2.24, 2.45) is 11.1 Å². The van der Waals surface area contributed by atoms with E-state index >= 15 is 0 Å². The third kappa shape index (κ3) is 4.95. The molecule has 2 aromatic rings. The molecule has 2 heterocycles. The minimum absolute atomic E-state index is 0.317. The number of aromatic nitrogens is 2. The fourth-order valence-electron chi connectivity index (χ4n) is 4.73. The van der Waals surface area contributed by atoms with Crippen molar-refractivity contribution in [1.82, 2.24) is 15.5 Å². The maximum atomic E-state index is 14.8. The summed E-state index contributed by atoms with van der Waals surface area (Å²) in [6, 6.07) is 5.43. The summed E-state index contributed by atoms with van der Waals surface area (Å²) in [4.78, 5) is 0.804. The van der Waals surface area contributed by atoms with E-state index in [4.69, 9.17) is 5.14 Å². The van der Waals surface area contributed by atoms with E-state index in [0.29, 0.717) is 23.3 Å². The normalized spacial score (nSPS) is 23.7. The van der Waals surface area contributed by atoms with Crippen LogP contribution in [0.15, 0.2) is 35.4 Å². The number of benzene rings is 1. The van der Waals surface area contributed by atoms with Crippen LogP contribution in [0.4, 0.5) is 15.9 Å². The summed E-state index contributed by atoms with van der Waals surface area (Å²) in [5, 5.41) is 20.3. The van der Waals surface area contributed by atoms with E-state index in [1.807, 2.05) is 12.1 Å². The van der Waals surface area contributed by atoms with Gasteiger partial charge >= 0.3 is 0 Å². The topological polar surface area (TPSA) is 78.8 Å². The predicted molar refractivity (Wildman–Crippen MR) is 125 cm³/mol. The molecule has 1 aliphatic carbocycles. The van der Waals surface area contributed by atoms with Gasteiger partial charge in [-0.2, -0.15) is 5.10 Å². The van der Waals surface area contributed by atoms with Gasteiger partial charge in [0.1, 0.15) is 5.82 Å². The minimum atomic E-state index is -0.726. The van der Waals surface area contributed by atoms with Gasteiger partial charge in [0.15, 0.2) is 5.82 Å². The van der Waals surface area contributed by atoms with Crippen molar-refractivity contribution in [3.05, 3.63) is 47.5 Å². The second-order valence-corrected chi connectivity index (χ2v) is 9.92. The largest absolute Gasteiger partial charge is 0.389 e. The summed E-state index contributed by atoms with van der Waals surface area (Å²) >= 11 is 0. The molecule has 1 aliphatic heterocycles. The smallest absolute Gasteiger partial charge is 0.152 e. The number of rotatable bonds is 1. The van der Waals surface area contributed by atoms with Gasteiger partial charge in [0.25, 0.3) is 0 Å². The first kappa shape index (κ1) is 21.1. The van der Waals surface area contributed by atoms with E-state index in [0.717, 1.165) is 73.3 Å². The van der Waals surface area contributed by atoms with Gasteiger partial charge in [-0.15, -0.1) is 0 Å². The molecule has 0 spiro atoms. The zero-order valence-corrected chi connectivity index (χ0v) is 18.3. The number of hydrogen-bond acceptors (Lipinski definition) is 4. The first-order valence-corrected chi connectivity index (χ1v) is 12.3. The maximum Gasteiger partial charge on any atom is 0.152 e. The van der Waals surface area contributed by atoms with E-state index < -0.39 is 10.7 Å². The molecule has 1 aromatic carbocycles. The Morgan fingerprint density at radius 3 is 2.87 bits per heavy atom. The number of nitrogens with one attached hydrogen (secondary N) is 3. The lowest BCUT2D eigenvalue weighted by Gasteiger charge is -2.16. The number of aromatic amines is 1. The van der Waals surface area contributed by atoms with Gasteiger partial charge in [-0.05, 0) is 68.6 Å². The average Bonchev–Trinajstić information content (AvgIpc) is 3.35. The van der Waals surface area contributed by atoms with Gasteiger partial charge in [-0.25, -0.2) is 4.39 Å². The standard InChI is InChI=1S/C23H32FN5S/c1-15-10-16-7-8-17(11-16)20-14-23(29-28-20)27-21-12-18(6-4-3-5-9-26-15)22(30(2)25)13-19(21)24/h12-14,16-17,26H,1-11,25H2,(H2,27,28,29). The Morgan fingerprint density at radius 2 is 2.03 bits per heavy atom. The van der Waals surface area contributed by atoms with Crippen molar-refractivity contribution in [3.8, 4) is 0 Å². The molecule has 0 radical (unpaired) electrons. The number of aryl methyl sites for hydroxylation is 1. The lowest BCUT2D eigenvalue weighted by molar-refractivity contribution is 0.509. The van der Waals surface area contributed by atoms with Crippen molar-refractivity contribution in [3.63, 3.8) is 0 Å². The summed E-state index contributed by atoms with van der Waals surface area (Å²) in [6.07, 6.45) is 8.62. The van der Waals surface area contributed by atoms with E-state index in [-0.39, 0.29) is 5.82 Å². The molecule has 2 aliphatic rings. The first-order chi connectivity index (χ1) is 14.5. The number of allylic oxidation sites excluding steroid dienone is 1. The number of fused-ring (bicyclic) bond motifs is 7. The molecule has 6 bridgehead atoms. The fraction of sp³-hybridized carbons (Fsp3) is 0.478. The molecule has 7 heteroatoms. The highest BCUT2D eigenvalue weighted by atomic mass is 32.2. The Balaban J connectivity index is 1.61. The van der Waals surface area contributed by atoms with Crippen LogP contribution < -0.4 is 15.8 Å². The van der Waals surface area contributed by atoms with E-state index in [9.17, 15) is 4.39 Å². The Kier molecular flexibility index (Phi) is 6.58. The molecule has 0 amide bonds. The Hall–Kier alpha value is -2.12. The molecule has 4 rings (SSSR count). The Labute approximate surface area is 180 Å². The number of halogens is 1. The molecule has 5 nitrogen and oxygen atoms in total. The molecule has 5 N–H and O–H groups in total. The van der Waals surface area contributed by atoms with E-state index in [2.05, 4.69) is 33.3 Å². The van der Waals surface area contributed by atoms with Crippen LogP contribution in [-0.4, -0.2) is 22.6 Å². The molecule has 162 valence electrons. The Morgan fingerprint density at radius 1 is 1.17 bits per heavy atom. The van der Waals surface area contributed by atoms with Crippen LogP contribution in [0.3, 0.4) is 0 Å². The van der Waals surface area contributed by atoms with Crippen LogP contribution in [0.25, 0.3) is 0 Å². The fourth-order valence-corrected chi connectivity index (χ4v) is 5.48. The summed E-state index contributed by atoms with van der Waals surface area (Å²) in [7, 11) is -0.726. The first-order valence-electron chi connectivity index (χ1n) is 10.8. The lowest BCUT2D eigenvalue weighted by atomic mass is 9.98. The monoisotopic (exact) mass is 429 g/mol. The van der Waals surface area contributed by atoms with E-state index in [1.165, 1.54) is 12.5 Å². The number of hydrogen-bond donors (Lipinski definition) is 4. The minimum Gasteiger partial charge on any atom is -0.389 e. The molecular formula is C23H32FN5S. The zero-order chi connectivity index (χ0) is 21.1. The maximum absolute atomic E-state index is 14.8. The summed E-state index contributed by atoms with van der Waals surface area (Å²) in [5.41, 5.74) is 3.79. The summed E-state index contributed by atoms with van der Waals surface area (Å²) in [5.74, 6) is 5.40. The Bertz CT molecular complexity index is 938. The van der Waals surface area contributed by atoms with Gasteiger partial charge in [0.05, 0.1) is 5.69 Å². The SMILES string of the molecule is C=C1CC2CCC(C2)c2cc(n[nH]2)Nc2cc(c(S(=C)N)cc2F)CCCCCN1. The summed E-state index contributed by atoms with van der Waals surface area (Å²) < 4.78 is 14.8. The molecule has 30 heavy (non-hydrogen) atoms. The van der Waals surface area contributed by atoms with Gasteiger partial charge in [0.2, 0.25) is 0 Å². The number of anilines is 2. The second kappa shape index (κ2) is 9.35. The van der Waals surface area contributed by atoms with Crippen LogP contribution >= 0.6 is 10.7 Å². The van der Waals surface area contributed by atoms with Crippen molar-refractivity contribution >= 4 is 28.0 Å². The molecule has 1 fully saturated rings. The van der Waals surface area contributed by atoms with Gasteiger partial charge in [-0.1, -0.05) is 29.5 Å². The number of H-pyrrole nitrogens is 1. The molecule has 0 saturated heterocycles. The molecule has 3 unspecified atom stereocenters. The molecule has 3 atom stereocenters. The molecular weight excluding hydrogens is 397 g/mol. The number of nitrogens with zero attached hydrogens (tertiary/aromatic N) is 1. The zero-order valence-electron chi connectivity index (χ0n) is 17.5. The van der Waals surface area contributed by atoms with Crippen molar-refractivity contribution in [2.75, 3.05) is 11.9 Å². The van der Waals surface area contributed by atoms with Crippen LogP contribution in [0.2, 0.25) is 0 Å². The number of nitrogens with two attached hydrogens (primary N) is 1. The molecule has 1 saturated carbocycles. The van der Waals surface area contributed by atoms with Crippen LogP contribution in [-0.2, 0) is 6.42 Å². The highest BCUT2D eigenvalue weighted by Gasteiger charge is 2.27. The highest BCUT2D eigenvalue weighted by molar-refractivity contribution is 8.12. The third-order valence-corrected chi connectivity index (χ3v) is 7.25. The van der Waals surface area contributed by atoms with Crippen molar-refractivity contribution in [2.45, 2.75) is 62.2 Å². The van der Waals surface area contributed by atoms with Gasteiger partial charge in [-0.3, -0.25) is 10.2 Å². The van der Waals surface area contributed by atoms with Crippen molar-refractivity contribution < 1.29 is 4.39 Å². The van der Waals surface area contributed by atoms with Crippen LogP contribution in [0.5, 0.6) is 0 Å². The summed E-state index contributed by atoms with van der Waals surface area (Å²) in [6.45, 7) is 5.19. The third-order valence-electron chi connectivity index (χ3n) is 6.31. The lowest BCUT2D eigenvalue weighted by Crippen LogP contribution is -2.16.